The first-order valence-electron chi connectivity index (χ1n) is 13.1. The van der Waals surface area contributed by atoms with Crippen LogP contribution in [0, 0.1) is 0 Å². The summed E-state index contributed by atoms with van der Waals surface area (Å²) >= 11 is 6.75. The van der Waals surface area contributed by atoms with Crippen molar-refractivity contribution >= 4 is 56.0 Å². The first-order chi connectivity index (χ1) is 18.5. The molecule has 0 aliphatic carbocycles. The number of thiocarbonyl (C=S) groups is 1. The zero-order chi connectivity index (χ0) is 28.3. The van der Waals surface area contributed by atoms with Gasteiger partial charge in [0.1, 0.15) is 5.01 Å². The molecule has 1 saturated heterocycles. The van der Waals surface area contributed by atoms with Crippen molar-refractivity contribution in [2.45, 2.75) is 76.9 Å². The van der Waals surface area contributed by atoms with Gasteiger partial charge in [0.15, 0.2) is 5.11 Å². The standard InChI is InChI=1S/C28H35N5O3S3/c1-6-23-13-7-18(4)33(23)39(35,36)26-15-22(31-19(5)34)12-14-24(26)25-16-29-27(38-25)20-8-10-21(11-9-20)32-28(37)30-17(2)3/h8-12,14-18,23H,6-7,13H2,1-5H3,(H,31,34)(H2,30,32,37). The minimum Gasteiger partial charge on any atom is -0.360 e. The molecule has 11 heteroatoms. The molecule has 1 aromatic heterocycles. The number of carbonyl (C=O) groups is 1. The summed E-state index contributed by atoms with van der Waals surface area (Å²) in [6.45, 7) is 9.43. The number of carbonyl (C=O) groups excluding carboxylic acids is 1. The lowest BCUT2D eigenvalue weighted by Crippen LogP contribution is -2.39. The van der Waals surface area contributed by atoms with Crippen LogP contribution in [-0.4, -0.2) is 46.9 Å². The lowest BCUT2D eigenvalue weighted by molar-refractivity contribution is -0.114. The van der Waals surface area contributed by atoms with Crippen LogP contribution in [0.5, 0.6) is 0 Å². The van der Waals surface area contributed by atoms with Crippen molar-refractivity contribution in [2.24, 2.45) is 0 Å². The van der Waals surface area contributed by atoms with Crippen molar-refractivity contribution in [3.05, 3.63) is 48.7 Å². The number of sulfonamides is 1. The molecule has 2 atom stereocenters. The molecule has 2 aromatic carbocycles. The van der Waals surface area contributed by atoms with Gasteiger partial charge in [0, 0.05) is 53.7 Å². The smallest absolute Gasteiger partial charge is 0.244 e. The van der Waals surface area contributed by atoms with Crippen LogP contribution >= 0.6 is 23.6 Å². The molecule has 4 rings (SSSR count). The highest BCUT2D eigenvalue weighted by Crippen LogP contribution is 2.40. The Morgan fingerprint density at radius 1 is 1.13 bits per heavy atom. The van der Waals surface area contributed by atoms with E-state index in [-0.39, 0.29) is 28.9 Å². The van der Waals surface area contributed by atoms with Gasteiger partial charge in [-0.15, -0.1) is 11.3 Å². The van der Waals surface area contributed by atoms with E-state index >= 15 is 0 Å². The highest BCUT2D eigenvalue weighted by atomic mass is 32.2. The summed E-state index contributed by atoms with van der Waals surface area (Å²) in [5.41, 5.74) is 2.80. The van der Waals surface area contributed by atoms with Crippen LogP contribution in [0.4, 0.5) is 11.4 Å². The normalized spacial score (nSPS) is 17.8. The van der Waals surface area contributed by atoms with E-state index in [2.05, 4.69) is 20.9 Å². The molecule has 0 saturated carbocycles. The summed E-state index contributed by atoms with van der Waals surface area (Å²) < 4.78 is 29.8. The minimum atomic E-state index is -3.83. The van der Waals surface area contributed by atoms with E-state index in [1.54, 1.807) is 28.7 Å². The molecule has 0 radical (unpaired) electrons. The van der Waals surface area contributed by atoms with E-state index < -0.39 is 10.0 Å². The Morgan fingerprint density at radius 2 is 1.82 bits per heavy atom. The van der Waals surface area contributed by atoms with E-state index in [1.807, 2.05) is 52.0 Å². The molecule has 0 bridgehead atoms. The SMILES string of the molecule is CCC1CCC(C)N1S(=O)(=O)c1cc(NC(C)=O)ccc1-c1cnc(-c2ccc(NC(=S)NC(C)C)cc2)s1. The Morgan fingerprint density at radius 3 is 2.46 bits per heavy atom. The maximum absolute atomic E-state index is 14.1. The molecule has 1 fully saturated rings. The molecule has 1 amide bonds. The van der Waals surface area contributed by atoms with Crippen LogP contribution in [0.15, 0.2) is 53.6 Å². The largest absolute Gasteiger partial charge is 0.360 e. The summed E-state index contributed by atoms with van der Waals surface area (Å²) in [6.07, 6.45) is 4.13. The fraction of sp³-hybridized carbons (Fsp3) is 0.393. The fourth-order valence-electron chi connectivity index (χ4n) is 4.86. The summed E-state index contributed by atoms with van der Waals surface area (Å²) in [4.78, 5) is 17.3. The molecular formula is C28H35N5O3S3. The third-order valence-corrected chi connectivity index (χ3v) is 10.0. The van der Waals surface area contributed by atoms with Crippen molar-refractivity contribution in [3.8, 4) is 21.0 Å². The number of amides is 1. The number of nitrogens with zero attached hydrogens (tertiary/aromatic N) is 2. The monoisotopic (exact) mass is 585 g/mol. The number of thiazole rings is 1. The van der Waals surface area contributed by atoms with Gasteiger partial charge in [-0.3, -0.25) is 4.79 Å². The molecule has 1 aliphatic rings. The van der Waals surface area contributed by atoms with Crippen LogP contribution in [0.25, 0.3) is 21.0 Å². The predicted molar refractivity (Wildman–Crippen MR) is 164 cm³/mol. The second-order valence-electron chi connectivity index (χ2n) is 10.1. The third kappa shape index (κ3) is 6.66. The summed E-state index contributed by atoms with van der Waals surface area (Å²) in [6, 6.07) is 12.9. The van der Waals surface area contributed by atoms with Crippen molar-refractivity contribution in [1.82, 2.24) is 14.6 Å². The van der Waals surface area contributed by atoms with Crippen LogP contribution in [-0.2, 0) is 14.8 Å². The summed E-state index contributed by atoms with van der Waals surface area (Å²) in [5.74, 6) is -0.258. The highest BCUT2D eigenvalue weighted by Gasteiger charge is 2.40. The Bertz CT molecular complexity index is 1450. The quantitative estimate of drug-likeness (QED) is 0.275. The van der Waals surface area contributed by atoms with Gasteiger partial charge >= 0.3 is 0 Å². The summed E-state index contributed by atoms with van der Waals surface area (Å²) in [5, 5.41) is 10.4. The van der Waals surface area contributed by atoms with Crippen LogP contribution in [0.1, 0.15) is 53.9 Å². The van der Waals surface area contributed by atoms with E-state index in [0.717, 1.165) is 40.4 Å². The number of nitrogens with one attached hydrogen (secondary N) is 3. The average Bonchev–Trinajstić information content (AvgIpc) is 3.51. The van der Waals surface area contributed by atoms with E-state index in [0.29, 0.717) is 16.4 Å². The number of rotatable bonds is 8. The number of anilines is 2. The van der Waals surface area contributed by atoms with Gasteiger partial charge in [-0.1, -0.05) is 13.0 Å². The van der Waals surface area contributed by atoms with Gasteiger partial charge in [-0.2, -0.15) is 4.31 Å². The first kappa shape index (κ1) is 29.1. The second kappa shape index (κ2) is 12.1. The molecule has 3 aromatic rings. The molecule has 3 N–H and O–H groups in total. The molecule has 2 unspecified atom stereocenters. The number of hydrogen-bond donors (Lipinski definition) is 3. The van der Waals surface area contributed by atoms with E-state index in [1.165, 1.54) is 18.3 Å². The summed E-state index contributed by atoms with van der Waals surface area (Å²) in [7, 11) is -3.83. The lowest BCUT2D eigenvalue weighted by Gasteiger charge is -2.28. The molecule has 1 aliphatic heterocycles. The van der Waals surface area contributed by atoms with Gasteiger partial charge < -0.3 is 16.0 Å². The van der Waals surface area contributed by atoms with Gasteiger partial charge in [0.25, 0.3) is 0 Å². The molecule has 0 spiro atoms. The fourth-order valence-corrected chi connectivity index (χ4v) is 8.42. The minimum absolute atomic E-state index is 0.0463. The molecule has 8 nitrogen and oxygen atoms in total. The van der Waals surface area contributed by atoms with Crippen molar-refractivity contribution in [2.75, 3.05) is 10.6 Å². The second-order valence-corrected chi connectivity index (χ2v) is 13.3. The first-order valence-corrected chi connectivity index (χ1v) is 15.8. The van der Waals surface area contributed by atoms with Crippen LogP contribution in [0.2, 0.25) is 0 Å². The topological polar surface area (TPSA) is 103 Å². The zero-order valence-electron chi connectivity index (χ0n) is 22.8. The van der Waals surface area contributed by atoms with Gasteiger partial charge in [0.2, 0.25) is 15.9 Å². The Labute approximate surface area is 240 Å². The van der Waals surface area contributed by atoms with Gasteiger partial charge in [-0.05, 0) is 88.6 Å². The Balaban J connectivity index is 1.68. The molecule has 2 heterocycles. The van der Waals surface area contributed by atoms with Crippen molar-refractivity contribution in [3.63, 3.8) is 0 Å². The van der Waals surface area contributed by atoms with Gasteiger partial charge in [-0.25, -0.2) is 13.4 Å². The Hall–Kier alpha value is -2.86. The predicted octanol–water partition coefficient (Wildman–Crippen LogP) is 6.08. The maximum atomic E-state index is 14.1. The molecule has 39 heavy (non-hydrogen) atoms. The maximum Gasteiger partial charge on any atom is 0.244 e. The highest BCUT2D eigenvalue weighted by molar-refractivity contribution is 7.89. The van der Waals surface area contributed by atoms with E-state index in [4.69, 9.17) is 12.2 Å². The van der Waals surface area contributed by atoms with Gasteiger partial charge in [0.05, 0.1) is 9.77 Å². The average molecular weight is 586 g/mol. The zero-order valence-corrected chi connectivity index (χ0v) is 25.3. The number of benzene rings is 2. The molecule has 208 valence electrons. The third-order valence-electron chi connectivity index (χ3n) is 6.62. The number of hydrogen-bond acceptors (Lipinski definition) is 6. The van der Waals surface area contributed by atoms with Crippen molar-refractivity contribution < 1.29 is 13.2 Å². The van der Waals surface area contributed by atoms with Crippen LogP contribution < -0.4 is 16.0 Å². The lowest BCUT2D eigenvalue weighted by atomic mass is 10.2. The molecular weight excluding hydrogens is 551 g/mol. The van der Waals surface area contributed by atoms with Crippen LogP contribution in [0.3, 0.4) is 0 Å². The Kier molecular flexibility index (Phi) is 9.05. The van der Waals surface area contributed by atoms with E-state index in [9.17, 15) is 13.2 Å². The number of aromatic nitrogens is 1. The van der Waals surface area contributed by atoms with Crippen molar-refractivity contribution in [1.29, 1.82) is 0 Å².